The molecule has 1 heterocycles. The molecule has 4 rings (SSSR count). The van der Waals surface area contributed by atoms with E-state index in [4.69, 9.17) is 4.74 Å². The number of sulfonamides is 1. The highest BCUT2D eigenvalue weighted by molar-refractivity contribution is 7.89. The van der Waals surface area contributed by atoms with Crippen molar-refractivity contribution in [3.05, 3.63) is 107 Å². The number of allylic oxidation sites excluding steroid dienone is 1. The summed E-state index contributed by atoms with van der Waals surface area (Å²) in [5.74, 6) is -2.03. The van der Waals surface area contributed by atoms with Crippen molar-refractivity contribution in [3.63, 3.8) is 0 Å². The number of aromatic hydroxyl groups is 1. The lowest BCUT2D eigenvalue weighted by molar-refractivity contribution is -0.141. The van der Waals surface area contributed by atoms with Crippen molar-refractivity contribution < 1.29 is 28.2 Å². The van der Waals surface area contributed by atoms with Crippen molar-refractivity contribution in [1.82, 2.24) is 4.31 Å². The molecule has 2 N–H and O–H groups in total. The summed E-state index contributed by atoms with van der Waals surface area (Å²) in [6.07, 6.45) is 0.113. The first-order chi connectivity index (χ1) is 17.2. The lowest BCUT2D eigenvalue weighted by Gasteiger charge is -2.42. The maximum absolute atomic E-state index is 13.8. The van der Waals surface area contributed by atoms with E-state index in [0.29, 0.717) is 5.56 Å². The average molecular weight is 508 g/mol. The van der Waals surface area contributed by atoms with E-state index in [1.165, 1.54) is 12.1 Å². The third kappa shape index (κ3) is 5.01. The van der Waals surface area contributed by atoms with Crippen molar-refractivity contribution in [2.75, 3.05) is 6.61 Å². The molecule has 8 heteroatoms. The van der Waals surface area contributed by atoms with Gasteiger partial charge in [-0.15, -0.1) is 0 Å². The summed E-state index contributed by atoms with van der Waals surface area (Å²) in [5.41, 5.74) is 1.98. The van der Waals surface area contributed by atoms with E-state index in [1.807, 2.05) is 37.3 Å². The predicted molar refractivity (Wildman–Crippen MR) is 135 cm³/mol. The number of carbonyl (C=O) groups is 1. The molecule has 3 aromatic carbocycles. The van der Waals surface area contributed by atoms with Crippen LogP contribution in [0.2, 0.25) is 0 Å². The molecule has 7 nitrogen and oxygen atoms in total. The number of nitrogens with zero attached hydrogens (tertiary/aromatic N) is 1. The molecule has 0 unspecified atom stereocenters. The molecule has 0 fully saturated rings. The largest absolute Gasteiger partial charge is 0.508 e. The Morgan fingerprint density at radius 3 is 2.25 bits per heavy atom. The number of rotatable bonds is 7. The van der Waals surface area contributed by atoms with Crippen LogP contribution in [0.5, 0.6) is 5.75 Å². The number of hydrogen-bond acceptors (Lipinski definition) is 6. The number of aliphatic hydroxyl groups excluding tert-OH is 1. The van der Waals surface area contributed by atoms with E-state index in [0.717, 1.165) is 15.4 Å². The molecule has 0 spiro atoms. The zero-order valence-corrected chi connectivity index (χ0v) is 20.9. The first-order valence-electron chi connectivity index (χ1n) is 11.7. The maximum atomic E-state index is 13.8. The van der Waals surface area contributed by atoms with Crippen molar-refractivity contribution in [2.24, 2.45) is 5.92 Å². The van der Waals surface area contributed by atoms with Crippen molar-refractivity contribution >= 4 is 16.0 Å². The first kappa shape index (κ1) is 25.5. The number of hydrogen-bond donors (Lipinski definition) is 2. The van der Waals surface area contributed by atoms with Crippen LogP contribution >= 0.6 is 0 Å². The predicted octanol–water partition coefficient (Wildman–Crippen LogP) is 4.11. The van der Waals surface area contributed by atoms with Crippen molar-refractivity contribution in [3.8, 4) is 5.75 Å². The zero-order valence-electron chi connectivity index (χ0n) is 20.1. The molecule has 0 aliphatic carbocycles. The maximum Gasteiger partial charge on any atom is 0.355 e. The van der Waals surface area contributed by atoms with Crippen LogP contribution < -0.4 is 0 Å². The Bertz CT molecular complexity index is 1350. The fraction of sp³-hybridized carbons (Fsp3) is 0.250. The van der Waals surface area contributed by atoms with Gasteiger partial charge in [-0.1, -0.05) is 66.2 Å². The van der Waals surface area contributed by atoms with Gasteiger partial charge in [-0.05, 0) is 55.7 Å². The van der Waals surface area contributed by atoms with Gasteiger partial charge in [0.2, 0.25) is 0 Å². The number of aliphatic hydroxyl groups is 1. The van der Waals surface area contributed by atoms with Gasteiger partial charge in [-0.2, -0.15) is 0 Å². The summed E-state index contributed by atoms with van der Waals surface area (Å²) in [6, 6.07) is 22.2. The van der Waals surface area contributed by atoms with Gasteiger partial charge >= 0.3 is 5.97 Å². The van der Waals surface area contributed by atoms with Crippen LogP contribution in [0.4, 0.5) is 0 Å². The highest BCUT2D eigenvalue weighted by Gasteiger charge is 2.46. The molecule has 0 amide bonds. The van der Waals surface area contributed by atoms with Crippen LogP contribution in [0.25, 0.3) is 0 Å². The number of carbonyl (C=O) groups excluding carboxylic acids is 1. The van der Waals surface area contributed by atoms with Gasteiger partial charge < -0.3 is 14.9 Å². The number of benzene rings is 3. The Balaban J connectivity index is 1.90. The number of phenols is 1. The monoisotopic (exact) mass is 507 g/mol. The lowest BCUT2D eigenvalue weighted by atomic mass is 9.78. The molecule has 0 radical (unpaired) electrons. The lowest BCUT2D eigenvalue weighted by Crippen LogP contribution is -2.50. The highest BCUT2D eigenvalue weighted by atomic mass is 32.2. The standard InChI is InChI=1S/C28H29NO6S/c1-3-35-28(32)25-18-23(20-9-5-4-6-10-20)24(17-21-11-7-8-12-26(21)30)27(31)29(25)36(33,34)22-15-13-19(2)14-16-22/h4-16,18,23-24,27,30-31H,3,17H2,1-2H3/t23-,24-,27-/m1/s1. The quantitative estimate of drug-likeness (QED) is 0.467. The topological polar surface area (TPSA) is 104 Å². The Morgan fingerprint density at radius 2 is 1.61 bits per heavy atom. The van der Waals surface area contributed by atoms with Crippen LogP contribution in [0.1, 0.15) is 29.5 Å². The van der Waals surface area contributed by atoms with E-state index >= 15 is 0 Å². The number of para-hydroxylation sites is 1. The van der Waals surface area contributed by atoms with Crippen LogP contribution in [-0.2, 0) is 26.0 Å². The van der Waals surface area contributed by atoms with E-state index < -0.39 is 34.1 Å². The minimum atomic E-state index is -4.33. The molecule has 0 bridgehead atoms. The fourth-order valence-corrected chi connectivity index (χ4v) is 6.06. The summed E-state index contributed by atoms with van der Waals surface area (Å²) < 4.78 is 33.6. The van der Waals surface area contributed by atoms with E-state index in [9.17, 15) is 23.4 Å². The molecule has 1 aliphatic heterocycles. The molecular weight excluding hydrogens is 478 g/mol. The normalized spacial score (nSPS) is 20.0. The molecule has 0 aromatic heterocycles. The average Bonchev–Trinajstić information content (AvgIpc) is 2.87. The van der Waals surface area contributed by atoms with Gasteiger partial charge in [0.1, 0.15) is 17.7 Å². The molecule has 3 aromatic rings. The van der Waals surface area contributed by atoms with Crippen molar-refractivity contribution in [2.45, 2.75) is 37.3 Å². The minimum absolute atomic E-state index is 0.0437. The van der Waals surface area contributed by atoms with Crippen LogP contribution in [0.15, 0.2) is 95.5 Å². The Hall–Kier alpha value is -3.62. The van der Waals surface area contributed by atoms with Gasteiger partial charge in [-0.25, -0.2) is 17.5 Å². The van der Waals surface area contributed by atoms with Gasteiger partial charge in [0.25, 0.3) is 10.0 Å². The van der Waals surface area contributed by atoms with E-state index in [1.54, 1.807) is 49.4 Å². The smallest absolute Gasteiger partial charge is 0.355 e. The van der Waals surface area contributed by atoms with Crippen LogP contribution in [0, 0.1) is 12.8 Å². The highest BCUT2D eigenvalue weighted by Crippen LogP contribution is 2.42. The Labute approximate surface area is 211 Å². The molecule has 0 saturated heterocycles. The minimum Gasteiger partial charge on any atom is -0.508 e. The van der Waals surface area contributed by atoms with Gasteiger partial charge in [-0.3, -0.25) is 0 Å². The summed E-state index contributed by atoms with van der Waals surface area (Å²) in [4.78, 5) is 13.0. The summed E-state index contributed by atoms with van der Waals surface area (Å²) >= 11 is 0. The van der Waals surface area contributed by atoms with Gasteiger partial charge in [0, 0.05) is 11.8 Å². The molecular formula is C28H29NO6S. The number of esters is 1. The summed E-state index contributed by atoms with van der Waals surface area (Å²) in [7, 11) is -4.33. The summed E-state index contributed by atoms with van der Waals surface area (Å²) in [5, 5.41) is 22.1. The van der Waals surface area contributed by atoms with Gasteiger partial charge in [0.15, 0.2) is 0 Å². The summed E-state index contributed by atoms with van der Waals surface area (Å²) in [6.45, 7) is 3.51. The van der Waals surface area contributed by atoms with Gasteiger partial charge in [0.05, 0.1) is 11.5 Å². The number of aryl methyl sites for hydroxylation is 1. The third-order valence-electron chi connectivity index (χ3n) is 6.35. The second kappa shape index (κ2) is 10.6. The number of phenolic OH excluding ortho intramolecular Hbond substituents is 1. The van der Waals surface area contributed by atoms with Crippen LogP contribution in [0.3, 0.4) is 0 Å². The first-order valence-corrected chi connectivity index (χ1v) is 13.2. The fourth-order valence-electron chi connectivity index (χ4n) is 4.52. The Kier molecular flexibility index (Phi) is 7.47. The molecule has 36 heavy (non-hydrogen) atoms. The third-order valence-corrected chi connectivity index (χ3v) is 8.15. The van der Waals surface area contributed by atoms with Crippen LogP contribution in [-0.4, -0.2) is 41.7 Å². The molecule has 188 valence electrons. The van der Waals surface area contributed by atoms with E-state index in [2.05, 4.69) is 0 Å². The second-order valence-electron chi connectivity index (χ2n) is 8.73. The second-order valence-corrected chi connectivity index (χ2v) is 10.5. The molecule has 1 aliphatic rings. The van der Waals surface area contributed by atoms with E-state index in [-0.39, 0.29) is 29.4 Å². The zero-order chi connectivity index (χ0) is 25.9. The Morgan fingerprint density at radius 1 is 0.972 bits per heavy atom. The molecule has 0 saturated carbocycles. The van der Waals surface area contributed by atoms with Crippen molar-refractivity contribution in [1.29, 1.82) is 0 Å². The number of ether oxygens (including phenoxy) is 1. The SMILES string of the molecule is CCOC(=O)C1=C[C@H](c2ccccc2)[C@@H](Cc2ccccc2O)[C@@H](O)N1S(=O)(=O)c1ccc(C)cc1. The molecule has 3 atom stereocenters.